The molecule has 2 aliphatic heterocycles. The Morgan fingerprint density at radius 2 is 2.09 bits per heavy atom. The van der Waals surface area contributed by atoms with Crippen LogP contribution in [0.1, 0.15) is 32.3 Å². The van der Waals surface area contributed by atoms with Crippen LogP contribution < -0.4 is 15.4 Å². The van der Waals surface area contributed by atoms with Gasteiger partial charge in [0.15, 0.2) is 0 Å². The number of hydrogen-bond donors (Lipinski definition) is 2. The van der Waals surface area contributed by atoms with E-state index in [0.717, 1.165) is 25.9 Å². The van der Waals surface area contributed by atoms with Gasteiger partial charge in [-0.15, -0.1) is 0 Å². The summed E-state index contributed by atoms with van der Waals surface area (Å²) >= 11 is 0. The molecule has 0 amide bonds. The van der Waals surface area contributed by atoms with E-state index in [9.17, 15) is 15.2 Å². The third-order valence-corrected chi connectivity index (χ3v) is 4.55. The molecule has 3 N–H and O–H groups in total. The first-order chi connectivity index (χ1) is 10.3. The zero-order valence-electron chi connectivity index (χ0n) is 12.8. The summed E-state index contributed by atoms with van der Waals surface area (Å²) in [5.74, 6) is 0.542. The number of nitrogens with zero attached hydrogens (tertiary/aromatic N) is 2. The lowest BCUT2D eigenvalue weighted by Gasteiger charge is -2.38. The molecule has 1 fully saturated rings. The molecular formula is C15H21N3O4. The molecule has 3 rings (SSSR count). The van der Waals surface area contributed by atoms with Gasteiger partial charge in [0.05, 0.1) is 11.0 Å². The molecule has 0 unspecified atom stereocenters. The minimum atomic E-state index is -0.738. The fraction of sp³-hybridized carbons (Fsp3) is 0.600. The average Bonchev–Trinajstić information content (AvgIpc) is 2.92. The van der Waals surface area contributed by atoms with Crippen LogP contribution >= 0.6 is 0 Å². The molecule has 22 heavy (non-hydrogen) atoms. The lowest BCUT2D eigenvalue weighted by atomic mass is 9.89. The third kappa shape index (κ3) is 2.25. The number of nitrogens with two attached hydrogens (primary N) is 1. The van der Waals surface area contributed by atoms with Crippen LogP contribution in [0.5, 0.6) is 5.75 Å². The SMILES string of the molecule is CC1(C)Oc2cc(N)c([N+](=O)[O-])c(N3CCCC3)c2C[C@@H]1O. The molecule has 7 nitrogen and oxygen atoms in total. The van der Waals surface area contributed by atoms with Crippen LogP contribution in [0.3, 0.4) is 0 Å². The van der Waals surface area contributed by atoms with E-state index in [2.05, 4.69) is 0 Å². The van der Waals surface area contributed by atoms with Crippen LogP contribution in [-0.2, 0) is 6.42 Å². The van der Waals surface area contributed by atoms with Crippen molar-refractivity contribution >= 4 is 17.1 Å². The predicted molar refractivity (Wildman–Crippen MR) is 83.4 cm³/mol. The highest BCUT2D eigenvalue weighted by Crippen LogP contribution is 2.47. The quantitative estimate of drug-likeness (QED) is 0.491. The highest BCUT2D eigenvalue weighted by atomic mass is 16.6. The Morgan fingerprint density at radius 1 is 1.45 bits per heavy atom. The van der Waals surface area contributed by atoms with Crippen LogP contribution in [0.25, 0.3) is 0 Å². The number of hydrogen-bond acceptors (Lipinski definition) is 6. The van der Waals surface area contributed by atoms with Crippen molar-refractivity contribution < 1.29 is 14.8 Å². The summed E-state index contributed by atoms with van der Waals surface area (Å²) < 4.78 is 5.87. The monoisotopic (exact) mass is 307 g/mol. The molecule has 0 saturated carbocycles. The van der Waals surface area contributed by atoms with Gasteiger partial charge in [0.25, 0.3) is 0 Å². The lowest BCUT2D eigenvalue weighted by Crippen LogP contribution is -2.46. The van der Waals surface area contributed by atoms with Crippen LogP contribution in [-0.4, -0.2) is 34.8 Å². The minimum Gasteiger partial charge on any atom is -0.485 e. The maximum absolute atomic E-state index is 11.5. The Balaban J connectivity index is 2.20. The van der Waals surface area contributed by atoms with Gasteiger partial charge in [0, 0.05) is 31.1 Å². The molecule has 7 heteroatoms. The molecule has 1 saturated heterocycles. The van der Waals surface area contributed by atoms with Crippen molar-refractivity contribution in [2.75, 3.05) is 23.7 Å². The Kier molecular flexibility index (Phi) is 3.40. The van der Waals surface area contributed by atoms with Crippen molar-refractivity contribution in [2.45, 2.75) is 44.8 Å². The van der Waals surface area contributed by atoms with Crippen molar-refractivity contribution in [3.8, 4) is 5.75 Å². The summed E-state index contributed by atoms with van der Waals surface area (Å²) in [5, 5.41) is 21.8. The first-order valence-electron chi connectivity index (χ1n) is 7.53. The number of aliphatic hydroxyl groups is 1. The zero-order valence-corrected chi connectivity index (χ0v) is 12.8. The van der Waals surface area contributed by atoms with E-state index in [1.807, 2.05) is 4.90 Å². The van der Waals surface area contributed by atoms with Crippen molar-refractivity contribution in [1.29, 1.82) is 0 Å². The number of nitrogen functional groups attached to an aromatic ring is 1. The second-order valence-corrected chi connectivity index (χ2v) is 6.52. The second kappa shape index (κ2) is 5.01. The van der Waals surface area contributed by atoms with Gasteiger partial charge in [-0.1, -0.05) is 0 Å². The summed E-state index contributed by atoms with van der Waals surface area (Å²) in [5.41, 5.74) is 6.43. The van der Waals surface area contributed by atoms with Gasteiger partial charge < -0.3 is 20.5 Å². The highest BCUT2D eigenvalue weighted by molar-refractivity contribution is 5.82. The Bertz CT molecular complexity index is 624. The third-order valence-electron chi connectivity index (χ3n) is 4.55. The van der Waals surface area contributed by atoms with Gasteiger partial charge in [-0.25, -0.2) is 0 Å². The van der Waals surface area contributed by atoms with E-state index in [4.69, 9.17) is 10.5 Å². The standard InChI is InChI=1S/C15H21N3O4/c1-15(2)12(19)7-9-11(22-15)8-10(16)14(18(20)21)13(9)17-5-3-4-6-17/h8,12,19H,3-7,16H2,1-2H3/t12-/m0/s1. The van der Waals surface area contributed by atoms with Crippen molar-refractivity contribution in [3.63, 3.8) is 0 Å². The van der Waals surface area contributed by atoms with E-state index in [1.54, 1.807) is 13.8 Å². The maximum atomic E-state index is 11.5. The number of rotatable bonds is 2. The molecule has 2 aliphatic rings. The smallest absolute Gasteiger partial charge is 0.315 e. The molecular weight excluding hydrogens is 286 g/mol. The Morgan fingerprint density at radius 3 is 2.68 bits per heavy atom. The molecule has 0 spiro atoms. The number of anilines is 2. The van der Waals surface area contributed by atoms with Crippen LogP contribution in [0.2, 0.25) is 0 Å². The van der Waals surface area contributed by atoms with Gasteiger partial charge in [-0.05, 0) is 26.7 Å². The number of nitro groups is 1. The van der Waals surface area contributed by atoms with Crippen LogP contribution in [0.4, 0.5) is 17.1 Å². The van der Waals surface area contributed by atoms with E-state index in [-0.39, 0.29) is 11.4 Å². The highest BCUT2D eigenvalue weighted by Gasteiger charge is 2.40. The van der Waals surface area contributed by atoms with Gasteiger partial charge >= 0.3 is 5.69 Å². The number of aliphatic hydroxyl groups excluding tert-OH is 1. The molecule has 0 aromatic heterocycles. The Labute approximate surface area is 128 Å². The maximum Gasteiger partial charge on any atom is 0.315 e. The van der Waals surface area contributed by atoms with Gasteiger partial charge in [0.2, 0.25) is 0 Å². The fourth-order valence-corrected chi connectivity index (χ4v) is 3.25. The normalized spacial score (nSPS) is 23.0. The summed E-state index contributed by atoms with van der Waals surface area (Å²) in [6, 6.07) is 1.51. The Hall–Kier alpha value is -2.02. The largest absolute Gasteiger partial charge is 0.485 e. The summed E-state index contributed by atoms with van der Waals surface area (Å²) in [6.45, 7) is 5.12. The molecule has 120 valence electrons. The summed E-state index contributed by atoms with van der Waals surface area (Å²) in [7, 11) is 0. The predicted octanol–water partition coefficient (Wildman–Crippen LogP) is 1.85. The lowest BCUT2D eigenvalue weighted by molar-refractivity contribution is -0.383. The molecule has 0 aliphatic carbocycles. The number of fused-ring (bicyclic) bond motifs is 1. The number of ether oxygens (including phenoxy) is 1. The topological polar surface area (TPSA) is 102 Å². The summed E-state index contributed by atoms with van der Waals surface area (Å²) in [4.78, 5) is 13.0. The molecule has 1 aromatic carbocycles. The average molecular weight is 307 g/mol. The first kappa shape index (κ1) is 14.9. The van der Waals surface area contributed by atoms with Gasteiger partial charge in [-0.2, -0.15) is 0 Å². The van der Waals surface area contributed by atoms with E-state index < -0.39 is 16.6 Å². The van der Waals surface area contributed by atoms with E-state index in [0.29, 0.717) is 23.4 Å². The van der Waals surface area contributed by atoms with Crippen LogP contribution in [0.15, 0.2) is 6.07 Å². The molecule has 2 heterocycles. The second-order valence-electron chi connectivity index (χ2n) is 6.52. The van der Waals surface area contributed by atoms with Gasteiger partial charge in [0.1, 0.15) is 22.7 Å². The minimum absolute atomic E-state index is 0.0730. The number of benzene rings is 1. The van der Waals surface area contributed by atoms with Crippen molar-refractivity contribution in [2.24, 2.45) is 0 Å². The fourth-order valence-electron chi connectivity index (χ4n) is 3.25. The molecule has 1 atom stereocenters. The van der Waals surface area contributed by atoms with E-state index >= 15 is 0 Å². The number of nitro benzene ring substituents is 1. The van der Waals surface area contributed by atoms with Gasteiger partial charge in [-0.3, -0.25) is 10.1 Å². The zero-order chi connectivity index (χ0) is 16.1. The molecule has 1 aromatic rings. The first-order valence-corrected chi connectivity index (χ1v) is 7.53. The molecule has 0 radical (unpaired) electrons. The van der Waals surface area contributed by atoms with E-state index in [1.165, 1.54) is 6.07 Å². The molecule has 0 bridgehead atoms. The van der Waals surface area contributed by atoms with Crippen molar-refractivity contribution in [3.05, 3.63) is 21.7 Å². The van der Waals surface area contributed by atoms with Crippen molar-refractivity contribution in [1.82, 2.24) is 0 Å². The van der Waals surface area contributed by atoms with Crippen LogP contribution in [0, 0.1) is 10.1 Å². The summed E-state index contributed by atoms with van der Waals surface area (Å²) in [6.07, 6.45) is 1.60.